The predicted molar refractivity (Wildman–Crippen MR) is 60.4 cm³/mol. The molecule has 2 rings (SSSR count). The summed E-state index contributed by atoms with van der Waals surface area (Å²) in [4.78, 5) is 0. The fourth-order valence-electron chi connectivity index (χ4n) is 2.20. The van der Waals surface area contributed by atoms with Crippen molar-refractivity contribution < 1.29 is 4.39 Å². The number of piperidine rings is 1. The van der Waals surface area contributed by atoms with Gasteiger partial charge in [0.15, 0.2) is 0 Å². The minimum Gasteiger partial charge on any atom is -0.314 e. The second-order valence-corrected chi connectivity index (χ2v) is 4.32. The Hall–Kier alpha value is -0.890. The summed E-state index contributed by atoms with van der Waals surface area (Å²) in [5.74, 6) is -0.121. The van der Waals surface area contributed by atoms with Gasteiger partial charge in [-0.2, -0.15) is 0 Å². The maximum atomic E-state index is 12.9. The molecular formula is C13H18FN. The summed E-state index contributed by atoms with van der Waals surface area (Å²) in [6.07, 6.45) is 6.02. The number of aryl methyl sites for hydroxylation is 1. The van der Waals surface area contributed by atoms with Crippen molar-refractivity contribution in [2.24, 2.45) is 0 Å². The molecule has 0 aromatic heterocycles. The molecule has 82 valence electrons. The Kier molecular flexibility index (Phi) is 3.73. The van der Waals surface area contributed by atoms with Gasteiger partial charge in [0.2, 0.25) is 0 Å². The Morgan fingerprint density at radius 2 is 2.27 bits per heavy atom. The van der Waals surface area contributed by atoms with Crippen LogP contribution in [0.5, 0.6) is 0 Å². The number of rotatable bonds is 3. The molecule has 1 heterocycles. The van der Waals surface area contributed by atoms with Crippen LogP contribution in [0.15, 0.2) is 24.3 Å². The van der Waals surface area contributed by atoms with Crippen molar-refractivity contribution >= 4 is 0 Å². The van der Waals surface area contributed by atoms with E-state index in [1.807, 2.05) is 6.07 Å². The van der Waals surface area contributed by atoms with Crippen molar-refractivity contribution in [2.45, 2.75) is 38.1 Å². The Labute approximate surface area is 90.7 Å². The van der Waals surface area contributed by atoms with Gasteiger partial charge in [-0.15, -0.1) is 0 Å². The summed E-state index contributed by atoms with van der Waals surface area (Å²) in [5.41, 5.74) is 1.11. The monoisotopic (exact) mass is 207 g/mol. The molecule has 2 heteroatoms. The minimum atomic E-state index is -0.121. The summed E-state index contributed by atoms with van der Waals surface area (Å²) in [5, 5.41) is 3.51. The lowest BCUT2D eigenvalue weighted by atomic mass is 9.98. The standard InChI is InChI=1S/C13H18FN/c14-12-5-3-4-11(10-12)7-8-13-6-1-2-9-15-13/h3-5,10,13,15H,1-2,6-9H2. The molecule has 1 nitrogen and oxygen atoms in total. The normalized spacial score (nSPS) is 21.5. The third-order valence-electron chi connectivity index (χ3n) is 3.08. The fraction of sp³-hybridized carbons (Fsp3) is 0.538. The van der Waals surface area contributed by atoms with E-state index in [2.05, 4.69) is 5.32 Å². The maximum Gasteiger partial charge on any atom is 0.123 e. The van der Waals surface area contributed by atoms with Gasteiger partial charge in [0.25, 0.3) is 0 Å². The zero-order valence-corrected chi connectivity index (χ0v) is 9.01. The van der Waals surface area contributed by atoms with Crippen molar-refractivity contribution in [3.8, 4) is 0 Å². The van der Waals surface area contributed by atoms with E-state index in [4.69, 9.17) is 0 Å². The molecule has 0 radical (unpaired) electrons. The molecule has 15 heavy (non-hydrogen) atoms. The van der Waals surface area contributed by atoms with E-state index in [-0.39, 0.29) is 5.82 Å². The van der Waals surface area contributed by atoms with Crippen LogP contribution in [-0.4, -0.2) is 12.6 Å². The third-order valence-corrected chi connectivity index (χ3v) is 3.08. The minimum absolute atomic E-state index is 0.121. The van der Waals surface area contributed by atoms with Gasteiger partial charge in [0, 0.05) is 6.04 Å². The zero-order valence-electron chi connectivity index (χ0n) is 9.01. The highest BCUT2D eigenvalue weighted by Crippen LogP contribution is 2.13. The van der Waals surface area contributed by atoms with E-state index < -0.39 is 0 Å². The first-order chi connectivity index (χ1) is 7.34. The van der Waals surface area contributed by atoms with Crippen molar-refractivity contribution in [2.75, 3.05) is 6.54 Å². The van der Waals surface area contributed by atoms with Gasteiger partial charge in [-0.25, -0.2) is 4.39 Å². The van der Waals surface area contributed by atoms with Gasteiger partial charge in [-0.1, -0.05) is 18.6 Å². The van der Waals surface area contributed by atoms with Crippen molar-refractivity contribution in [3.63, 3.8) is 0 Å². The summed E-state index contributed by atoms with van der Waals surface area (Å²) in [6.45, 7) is 1.15. The lowest BCUT2D eigenvalue weighted by molar-refractivity contribution is 0.382. The average Bonchev–Trinajstić information content (AvgIpc) is 2.28. The molecule has 1 saturated heterocycles. The first-order valence-electron chi connectivity index (χ1n) is 5.82. The molecule has 1 aliphatic heterocycles. The Balaban J connectivity index is 1.81. The van der Waals surface area contributed by atoms with E-state index >= 15 is 0 Å². The molecule has 1 atom stereocenters. The van der Waals surface area contributed by atoms with Crippen LogP contribution in [0.1, 0.15) is 31.2 Å². The number of nitrogens with one attached hydrogen (secondary N) is 1. The zero-order chi connectivity index (χ0) is 10.5. The van der Waals surface area contributed by atoms with E-state index in [0.717, 1.165) is 24.9 Å². The molecule has 1 aromatic carbocycles. The van der Waals surface area contributed by atoms with Crippen molar-refractivity contribution in [3.05, 3.63) is 35.6 Å². The maximum absolute atomic E-state index is 12.9. The Morgan fingerprint density at radius 1 is 1.33 bits per heavy atom. The predicted octanol–water partition coefficient (Wildman–Crippen LogP) is 2.90. The van der Waals surface area contributed by atoms with Crippen molar-refractivity contribution in [1.82, 2.24) is 5.32 Å². The third kappa shape index (κ3) is 3.31. The molecule has 0 saturated carbocycles. The molecule has 0 bridgehead atoms. The SMILES string of the molecule is Fc1cccc(CCC2CCCCN2)c1. The van der Waals surface area contributed by atoms with Gasteiger partial charge in [0.05, 0.1) is 0 Å². The van der Waals surface area contributed by atoms with Crippen LogP contribution >= 0.6 is 0 Å². The van der Waals surface area contributed by atoms with Gasteiger partial charge in [0.1, 0.15) is 5.82 Å². The molecule has 0 aliphatic carbocycles. The highest BCUT2D eigenvalue weighted by Gasteiger charge is 2.11. The van der Waals surface area contributed by atoms with E-state index in [0.29, 0.717) is 6.04 Å². The number of benzene rings is 1. The second-order valence-electron chi connectivity index (χ2n) is 4.32. The second kappa shape index (κ2) is 5.26. The fourth-order valence-corrected chi connectivity index (χ4v) is 2.20. The number of hydrogen-bond donors (Lipinski definition) is 1. The first kappa shape index (κ1) is 10.6. The van der Waals surface area contributed by atoms with Gasteiger partial charge in [-0.3, -0.25) is 0 Å². The summed E-state index contributed by atoms with van der Waals surface area (Å²) < 4.78 is 12.9. The number of halogens is 1. The highest BCUT2D eigenvalue weighted by atomic mass is 19.1. The van der Waals surface area contributed by atoms with Crippen LogP contribution in [0.3, 0.4) is 0 Å². The van der Waals surface area contributed by atoms with E-state index in [1.165, 1.54) is 25.3 Å². The lowest BCUT2D eigenvalue weighted by Crippen LogP contribution is -2.34. The average molecular weight is 207 g/mol. The van der Waals surface area contributed by atoms with E-state index in [1.54, 1.807) is 12.1 Å². The molecular weight excluding hydrogens is 189 g/mol. The molecule has 1 aliphatic rings. The smallest absolute Gasteiger partial charge is 0.123 e. The van der Waals surface area contributed by atoms with Crippen LogP contribution < -0.4 is 5.32 Å². The van der Waals surface area contributed by atoms with Crippen LogP contribution in [0.25, 0.3) is 0 Å². The molecule has 0 amide bonds. The topological polar surface area (TPSA) is 12.0 Å². The highest BCUT2D eigenvalue weighted by molar-refractivity contribution is 5.16. The lowest BCUT2D eigenvalue weighted by Gasteiger charge is -2.23. The molecule has 1 unspecified atom stereocenters. The largest absolute Gasteiger partial charge is 0.314 e. The Bertz CT molecular complexity index is 305. The first-order valence-corrected chi connectivity index (χ1v) is 5.82. The Morgan fingerprint density at radius 3 is 3.00 bits per heavy atom. The van der Waals surface area contributed by atoms with Gasteiger partial charge < -0.3 is 5.32 Å². The van der Waals surface area contributed by atoms with Crippen LogP contribution in [0, 0.1) is 5.82 Å². The van der Waals surface area contributed by atoms with E-state index in [9.17, 15) is 4.39 Å². The van der Waals surface area contributed by atoms with Gasteiger partial charge in [-0.05, 0) is 49.9 Å². The van der Waals surface area contributed by atoms with Crippen LogP contribution in [0.4, 0.5) is 4.39 Å². The molecule has 0 spiro atoms. The molecule has 1 fully saturated rings. The van der Waals surface area contributed by atoms with Gasteiger partial charge >= 0.3 is 0 Å². The summed E-state index contributed by atoms with van der Waals surface area (Å²) in [6, 6.07) is 7.58. The summed E-state index contributed by atoms with van der Waals surface area (Å²) in [7, 11) is 0. The molecule has 1 aromatic rings. The van der Waals surface area contributed by atoms with Crippen molar-refractivity contribution in [1.29, 1.82) is 0 Å². The quantitative estimate of drug-likeness (QED) is 0.803. The van der Waals surface area contributed by atoms with Crippen LogP contribution in [0.2, 0.25) is 0 Å². The summed E-state index contributed by atoms with van der Waals surface area (Å²) >= 11 is 0. The number of hydrogen-bond acceptors (Lipinski definition) is 1. The molecule has 1 N–H and O–H groups in total. The van der Waals surface area contributed by atoms with Crippen LogP contribution in [-0.2, 0) is 6.42 Å².